The van der Waals surface area contributed by atoms with Crippen LogP contribution in [-0.2, 0) is 6.54 Å². The summed E-state index contributed by atoms with van der Waals surface area (Å²) in [4.78, 5) is 18.8. The highest BCUT2D eigenvalue weighted by atomic mass is 16.2. The second-order valence-electron chi connectivity index (χ2n) is 6.00. The van der Waals surface area contributed by atoms with Crippen LogP contribution in [0.3, 0.4) is 0 Å². The van der Waals surface area contributed by atoms with E-state index in [0.29, 0.717) is 5.69 Å². The van der Waals surface area contributed by atoms with Gasteiger partial charge in [-0.3, -0.25) is 9.78 Å². The van der Waals surface area contributed by atoms with Gasteiger partial charge in [0, 0.05) is 31.5 Å². The van der Waals surface area contributed by atoms with Crippen molar-refractivity contribution in [2.75, 3.05) is 18.4 Å². The minimum atomic E-state index is 0.0123. The Hall–Kier alpha value is -2.36. The number of carbonyl (C=O) groups is 1. The number of anilines is 1. The van der Waals surface area contributed by atoms with Crippen LogP contribution in [0.4, 0.5) is 5.69 Å². The van der Waals surface area contributed by atoms with Crippen LogP contribution in [0.2, 0.25) is 0 Å². The fraction of sp³-hybridized carbons (Fsp3) is 0.400. The molecule has 2 rings (SSSR count). The van der Waals surface area contributed by atoms with Crippen molar-refractivity contribution < 1.29 is 4.79 Å². The Kier molecular flexibility index (Phi) is 6.79. The molecule has 128 valence electrons. The summed E-state index contributed by atoms with van der Waals surface area (Å²) in [7, 11) is 0. The predicted octanol–water partition coefficient (Wildman–Crippen LogP) is 4.26. The van der Waals surface area contributed by atoms with Gasteiger partial charge in [-0.1, -0.05) is 38.1 Å². The molecule has 2 aromatic rings. The van der Waals surface area contributed by atoms with Gasteiger partial charge in [-0.05, 0) is 43.0 Å². The van der Waals surface area contributed by atoms with Crippen LogP contribution in [0.1, 0.15) is 48.3 Å². The van der Waals surface area contributed by atoms with Crippen LogP contribution in [0.5, 0.6) is 0 Å². The van der Waals surface area contributed by atoms with Gasteiger partial charge in [-0.2, -0.15) is 0 Å². The maximum absolute atomic E-state index is 12.6. The third-order valence-corrected chi connectivity index (χ3v) is 4.00. The van der Waals surface area contributed by atoms with E-state index < -0.39 is 0 Å². The van der Waals surface area contributed by atoms with Crippen molar-refractivity contribution in [3.63, 3.8) is 0 Å². The first kappa shape index (κ1) is 18.0. The molecular formula is C20H27N3O. The number of rotatable bonds is 8. The number of aromatic nitrogens is 1. The van der Waals surface area contributed by atoms with Gasteiger partial charge in [-0.25, -0.2) is 0 Å². The summed E-state index contributed by atoms with van der Waals surface area (Å²) >= 11 is 0. The van der Waals surface area contributed by atoms with Crippen molar-refractivity contribution in [1.82, 2.24) is 9.88 Å². The average Bonchev–Trinajstić information content (AvgIpc) is 2.60. The first-order valence-electron chi connectivity index (χ1n) is 8.69. The van der Waals surface area contributed by atoms with Crippen LogP contribution in [-0.4, -0.2) is 28.9 Å². The largest absolute Gasteiger partial charge is 0.381 e. The number of aryl methyl sites for hydroxylation is 1. The molecule has 1 aromatic carbocycles. The summed E-state index contributed by atoms with van der Waals surface area (Å²) in [5.41, 5.74) is 3.93. The summed E-state index contributed by atoms with van der Waals surface area (Å²) in [6, 6.07) is 12.0. The van der Waals surface area contributed by atoms with Crippen molar-refractivity contribution in [1.29, 1.82) is 0 Å². The lowest BCUT2D eigenvalue weighted by Gasteiger charge is -2.21. The predicted molar refractivity (Wildman–Crippen MR) is 99.2 cm³/mol. The number of carbonyl (C=O) groups excluding carboxylic acids is 1. The molecule has 0 saturated heterocycles. The zero-order valence-electron chi connectivity index (χ0n) is 14.9. The Morgan fingerprint density at radius 3 is 2.50 bits per heavy atom. The topological polar surface area (TPSA) is 45.2 Å². The molecule has 0 unspecified atom stereocenters. The normalized spacial score (nSPS) is 10.5. The lowest BCUT2D eigenvalue weighted by Crippen LogP contribution is -2.33. The van der Waals surface area contributed by atoms with Gasteiger partial charge >= 0.3 is 0 Å². The summed E-state index contributed by atoms with van der Waals surface area (Å²) in [6.45, 7) is 8.56. The van der Waals surface area contributed by atoms with E-state index in [1.165, 1.54) is 11.1 Å². The number of amides is 1. The van der Waals surface area contributed by atoms with Crippen molar-refractivity contribution >= 4 is 11.6 Å². The van der Waals surface area contributed by atoms with Crippen LogP contribution < -0.4 is 5.32 Å². The van der Waals surface area contributed by atoms with Crippen LogP contribution in [0, 0.1) is 6.92 Å². The third-order valence-electron chi connectivity index (χ3n) is 4.00. The SMILES string of the molecule is CCCN(CCC)C(=O)c1cc(NCc2ccccc2C)ccn1. The molecule has 1 N–H and O–H groups in total. The van der Waals surface area contributed by atoms with Gasteiger partial charge in [0.1, 0.15) is 5.69 Å². The Morgan fingerprint density at radius 1 is 1.12 bits per heavy atom. The van der Waals surface area contributed by atoms with E-state index >= 15 is 0 Å². The van der Waals surface area contributed by atoms with Gasteiger partial charge in [0.15, 0.2) is 0 Å². The maximum Gasteiger partial charge on any atom is 0.272 e. The minimum Gasteiger partial charge on any atom is -0.381 e. The standard InChI is InChI=1S/C20H27N3O/c1-4-12-23(13-5-2)20(24)19-14-18(10-11-21-19)22-15-17-9-7-6-8-16(17)3/h6-11,14H,4-5,12-13,15H2,1-3H3,(H,21,22). The lowest BCUT2D eigenvalue weighted by molar-refractivity contribution is 0.0749. The molecule has 0 spiro atoms. The Bertz CT molecular complexity index is 663. The van der Waals surface area contributed by atoms with E-state index in [2.05, 4.69) is 43.2 Å². The summed E-state index contributed by atoms with van der Waals surface area (Å²) in [5, 5.41) is 3.39. The molecule has 4 nitrogen and oxygen atoms in total. The molecule has 0 radical (unpaired) electrons. The van der Waals surface area contributed by atoms with E-state index in [1.807, 2.05) is 29.2 Å². The van der Waals surface area contributed by atoms with Gasteiger partial charge in [0.25, 0.3) is 5.91 Å². The molecule has 0 atom stereocenters. The van der Waals surface area contributed by atoms with Crippen LogP contribution in [0.15, 0.2) is 42.6 Å². The lowest BCUT2D eigenvalue weighted by atomic mass is 10.1. The smallest absolute Gasteiger partial charge is 0.272 e. The number of hydrogen-bond donors (Lipinski definition) is 1. The second-order valence-corrected chi connectivity index (χ2v) is 6.00. The highest BCUT2D eigenvalue weighted by molar-refractivity contribution is 5.93. The number of hydrogen-bond acceptors (Lipinski definition) is 3. The van der Waals surface area contributed by atoms with E-state index in [0.717, 1.165) is 38.2 Å². The molecule has 0 fully saturated rings. The van der Waals surface area contributed by atoms with E-state index in [4.69, 9.17) is 0 Å². The first-order chi connectivity index (χ1) is 11.7. The van der Waals surface area contributed by atoms with Crippen molar-refractivity contribution in [2.45, 2.75) is 40.2 Å². The third kappa shape index (κ3) is 4.82. The molecule has 24 heavy (non-hydrogen) atoms. The maximum atomic E-state index is 12.6. The highest BCUT2D eigenvalue weighted by Gasteiger charge is 2.15. The van der Waals surface area contributed by atoms with Gasteiger partial charge in [0.05, 0.1) is 0 Å². The molecule has 0 bridgehead atoms. The number of nitrogens with zero attached hydrogens (tertiary/aromatic N) is 2. The zero-order valence-corrected chi connectivity index (χ0v) is 14.9. The highest BCUT2D eigenvalue weighted by Crippen LogP contribution is 2.14. The summed E-state index contributed by atoms with van der Waals surface area (Å²) < 4.78 is 0. The van der Waals surface area contributed by atoms with Crippen molar-refractivity contribution in [3.8, 4) is 0 Å². The fourth-order valence-corrected chi connectivity index (χ4v) is 2.68. The van der Waals surface area contributed by atoms with Crippen LogP contribution >= 0.6 is 0 Å². The van der Waals surface area contributed by atoms with E-state index in [9.17, 15) is 4.79 Å². The molecule has 1 heterocycles. The van der Waals surface area contributed by atoms with Gasteiger partial charge < -0.3 is 10.2 Å². The van der Waals surface area contributed by atoms with E-state index in [1.54, 1.807) is 6.20 Å². The average molecular weight is 325 g/mol. The monoisotopic (exact) mass is 325 g/mol. The van der Waals surface area contributed by atoms with E-state index in [-0.39, 0.29) is 5.91 Å². The molecule has 0 aliphatic carbocycles. The Balaban J connectivity index is 2.07. The number of benzene rings is 1. The zero-order chi connectivity index (χ0) is 17.4. The van der Waals surface area contributed by atoms with Crippen LogP contribution in [0.25, 0.3) is 0 Å². The molecule has 0 saturated carbocycles. The van der Waals surface area contributed by atoms with Gasteiger partial charge in [-0.15, -0.1) is 0 Å². The molecule has 1 aromatic heterocycles. The van der Waals surface area contributed by atoms with Crippen molar-refractivity contribution in [3.05, 3.63) is 59.4 Å². The van der Waals surface area contributed by atoms with Gasteiger partial charge in [0.2, 0.25) is 0 Å². The Morgan fingerprint density at radius 2 is 1.83 bits per heavy atom. The quantitative estimate of drug-likeness (QED) is 0.788. The first-order valence-corrected chi connectivity index (χ1v) is 8.69. The Labute approximate surface area is 144 Å². The number of pyridine rings is 1. The summed E-state index contributed by atoms with van der Waals surface area (Å²) in [6.07, 6.45) is 3.61. The van der Waals surface area contributed by atoms with Crippen molar-refractivity contribution in [2.24, 2.45) is 0 Å². The molecule has 1 amide bonds. The molecule has 4 heteroatoms. The second kappa shape index (κ2) is 9.06. The fourth-order valence-electron chi connectivity index (χ4n) is 2.68. The molecular weight excluding hydrogens is 298 g/mol. The molecule has 0 aliphatic heterocycles. The molecule has 0 aliphatic rings. The summed E-state index contributed by atoms with van der Waals surface area (Å²) in [5.74, 6) is 0.0123. The number of nitrogens with one attached hydrogen (secondary N) is 1. The minimum absolute atomic E-state index is 0.0123.